The molecule has 0 radical (unpaired) electrons. The molecular formula is C20H24N2O3S. The van der Waals surface area contributed by atoms with Crippen LogP contribution in [0, 0.1) is 6.92 Å². The number of benzene rings is 2. The van der Waals surface area contributed by atoms with Gasteiger partial charge in [-0.1, -0.05) is 42.5 Å². The van der Waals surface area contributed by atoms with Gasteiger partial charge < -0.3 is 4.90 Å². The first-order valence-electron chi connectivity index (χ1n) is 8.74. The van der Waals surface area contributed by atoms with Gasteiger partial charge in [-0.05, 0) is 42.5 Å². The van der Waals surface area contributed by atoms with E-state index in [0.29, 0.717) is 6.54 Å². The molecule has 3 rings (SSSR count). The third kappa shape index (κ3) is 4.14. The molecule has 0 aromatic heterocycles. The third-order valence-electron chi connectivity index (χ3n) is 4.80. The summed E-state index contributed by atoms with van der Waals surface area (Å²) in [6, 6.07) is 15.5. The predicted molar refractivity (Wildman–Crippen MR) is 104 cm³/mol. The van der Waals surface area contributed by atoms with Gasteiger partial charge in [-0.15, -0.1) is 0 Å². The summed E-state index contributed by atoms with van der Waals surface area (Å²) >= 11 is 0. The largest absolute Gasteiger partial charge is 0.311 e. The second-order valence-electron chi connectivity index (χ2n) is 6.74. The molecule has 0 N–H and O–H groups in total. The summed E-state index contributed by atoms with van der Waals surface area (Å²) in [6.07, 6.45) is 2.99. The highest BCUT2D eigenvalue weighted by Gasteiger charge is 2.27. The van der Waals surface area contributed by atoms with Crippen LogP contribution in [0.1, 0.15) is 23.1 Å². The Hall–Kier alpha value is -2.18. The maximum absolute atomic E-state index is 12.9. The highest BCUT2D eigenvalue weighted by molar-refractivity contribution is 7.88. The number of anilines is 1. The fraction of sp³-hybridized carbons (Fsp3) is 0.350. The number of aryl methyl sites for hydroxylation is 2. The minimum Gasteiger partial charge on any atom is -0.311 e. The van der Waals surface area contributed by atoms with Crippen LogP contribution < -0.4 is 4.90 Å². The lowest BCUT2D eigenvalue weighted by Gasteiger charge is -2.31. The molecule has 1 aliphatic rings. The van der Waals surface area contributed by atoms with Crippen LogP contribution in [0.5, 0.6) is 0 Å². The van der Waals surface area contributed by atoms with Crippen molar-refractivity contribution in [3.05, 3.63) is 65.2 Å². The summed E-state index contributed by atoms with van der Waals surface area (Å²) in [4.78, 5) is 14.6. The molecule has 1 heterocycles. The van der Waals surface area contributed by atoms with Crippen LogP contribution in [-0.2, 0) is 27.8 Å². The maximum atomic E-state index is 12.9. The Balaban J connectivity index is 1.82. The van der Waals surface area contributed by atoms with Crippen molar-refractivity contribution >= 4 is 21.6 Å². The average molecular weight is 372 g/mol. The number of rotatable bonds is 5. The summed E-state index contributed by atoms with van der Waals surface area (Å²) < 4.78 is 25.8. The minimum atomic E-state index is -3.51. The van der Waals surface area contributed by atoms with Gasteiger partial charge in [-0.25, -0.2) is 8.42 Å². The van der Waals surface area contributed by atoms with Gasteiger partial charge in [0, 0.05) is 18.8 Å². The Morgan fingerprint density at radius 3 is 2.54 bits per heavy atom. The highest BCUT2D eigenvalue weighted by Crippen LogP contribution is 2.27. The van der Waals surface area contributed by atoms with E-state index in [9.17, 15) is 13.2 Å². The minimum absolute atomic E-state index is 0.151. The zero-order valence-electron chi connectivity index (χ0n) is 15.2. The Labute approximate surface area is 155 Å². The van der Waals surface area contributed by atoms with Crippen molar-refractivity contribution in [1.82, 2.24) is 4.31 Å². The molecular weight excluding hydrogens is 348 g/mol. The van der Waals surface area contributed by atoms with Crippen molar-refractivity contribution in [3.63, 3.8) is 0 Å². The van der Waals surface area contributed by atoms with Gasteiger partial charge in [0.25, 0.3) is 0 Å². The Morgan fingerprint density at radius 1 is 1.12 bits per heavy atom. The second kappa shape index (κ2) is 7.60. The van der Waals surface area contributed by atoms with E-state index in [1.54, 1.807) is 4.90 Å². The van der Waals surface area contributed by atoms with E-state index in [0.717, 1.165) is 41.5 Å². The van der Waals surface area contributed by atoms with Crippen LogP contribution in [0.2, 0.25) is 0 Å². The Kier molecular flexibility index (Phi) is 5.44. The van der Waals surface area contributed by atoms with Crippen molar-refractivity contribution in [2.75, 3.05) is 24.2 Å². The van der Waals surface area contributed by atoms with Gasteiger partial charge in [-0.2, -0.15) is 4.31 Å². The lowest BCUT2D eigenvalue weighted by Crippen LogP contribution is -2.44. The molecule has 0 saturated heterocycles. The van der Waals surface area contributed by atoms with E-state index in [2.05, 4.69) is 0 Å². The quantitative estimate of drug-likeness (QED) is 0.811. The van der Waals surface area contributed by atoms with Crippen LogP contribution in [0.25, 0.3) is 0 Å². The van der Waals surface area contributed by atoms with Crippen molar-refractivity contribution in [3.8, 4) is 0 Å². The number of fused-ring (bicyclic) bond motifs is 1. The lowest BCUT2D eigenvalue weighted by molar-refractivity contribution is -0.119. The zero-order valence-corrected chi connectivity index (χ0v) is 16.0. The smallest absolute Gasteiger partial charge is 0.242 e. The van der Waals surface area contributed by atoms with Gasteiger partial charge in [0.2, 0.25) is 15.9 Å². The van der Waals surface area contributed by atoms with Crippen LogP contribution in [0.3, 0.4) is 0 Å². The first-order valence-corrected chi connectivity index (χ1v) is 10.6. The number of sulfonamides is 1. The summed E-state index contributed by atoms with van der Waals surface area (Å²) in [5.74, 6) is -0.184. The first-order chi connectivity index (χ1) is 12.4. The molecule has 0 saturated carbocycles. The molecule has 5 nitrogen and oxygen atoms in total. The molecule has 26 heavy (non-hydrogen) atoms. The molecule has 2 aromatic rings. The molecule has 2 aromatic carbocycles. The molecule has 6 heteroatoms. The van der Waals surface area contributed by atoms with Gasteiger partial charge in [0.05, 0.1) is 12.8 Å². The standard InChI is InChI=1S/C20H24N2O3S/c1-16-8-3-4-10-18(16)14-21(26(2,24)25)15-20(23)22-13-7-11-17-9-5-6-12-19(17)22/h3-6,8-10,12H,7,11,13-15H2,1-2H3. The van der Waals surface area contributed by atoms with Crippen molar-refractivity contribution in [2.45, 2.75) is 26.3 Å². The average Bonchev–Trinajstić information content (AvgIpc) is 2.61. The van der Waals surface area contributed by atoms with E-state index in [1.165, 1.54) is 4.31 Å². The topological polar surface area (TPSA) is 57.7 Å². The number of carbonyl (C=O) groups is 1. The van der Waals surface area contributed by atoms with E-state index in [-0.39, 0.29) is 19.0 Å². The number of amides is 1. The fourth-order valence-corrected chi connectivity index (χ4v) is 4.02. The Bertz CT molecular complexity index is 909. The van der Waals surface area contributed by atoms with Gasteiger partial charge >= 0.3 is 0 Å². The fourth-order valence-electron chi connectivity index (χ4n) is 3.30. The Morgan fingerprint density at radius 2 is 1.81 bits per heavy atom. The molecule has 0 spiro atoms. The first kappa shape index (κ1) is 18.6. The summed E-state index contributed by atoms with van der Waals surface area (Å²) in [5, 5.41) is 0. The zero-order chi connectivity index (χ0) is 18.7. The molecule has 0 aliphatic carbocycles. The van der Waals surface area contributed by atoms with Crippen LogP contribution in [0.15, 0.2) is 48.5 Å². The van der Waals surface area contributed by atoms with Gasteiger partial charge in [0.15, 0.2) is 0 Å². The third-order valence-corrected chi connectivity index (χ3v) is 6.00. The van der Waals surface area contributed by atoms with E-state index in [4.69, 9.17) is 0 Å². The summed E-state index contributed by atoms with van der Waals surface area (Å²) in [5.41, 5.74) is 3.95. The lowest BCUT2D eigenvalue weighted by atomic mass is 10.0. The van der Waals surface area contributed by atoms with E-state index < -0.39 is 10.0 Å². The van der Waals surface area contributed by atoms with Crippen molar-refractivity contribution < 1.29 is 13.2 Å². The SMILES string of the molecule is Cc1ccccc1CN(CC(=O)N1CCCc2ccccc21)S(C)(=O)=O. The molecule has 0 unspecified atom stereocenters. The number of carbonyl (C=O) groups excluding carboxylic acids is 1. The highest BCUT2D eigenvalue weighted by atomic mass is 32.2. The van der Waals surface area contributed by atoms with E-state index in [1.807, 2.05) is 55.5 Å². The molecule has 1 aliphatic heterocycles. The summed E-state index contributed by atoms with van der Waals surface area (Å²) in [6.45, 7) is 2.62. The van der Waals surface area contributed by atoms with Gasteiger partial charge in [0.1, 0.15) is 0 Å². The predicted octanol–water partition coefficient (Wildman–Crippen LogP) is 2.74. The molecule has 0 fully saturated rings. The van der Waals surface area contributed by atoms with Crippen LogP contribution >= 0.6 is 0 Å². The van der Waals surface area contributed by atoms with Crippen molar-refractivity contribution in [1.29, 1.82) is 0 Å². The number of para-hydroxylation sites is 1. The molecule has 1 amide bonds. The molecule has 138 valence electrons. The summed E-state index contributed by atoms with van der Waals surface area (Å²) in [7, 11) is -3.51. The van der Waals surface area contributed by atoms with Gasteiger partial charge in [-0.3, -0.25) is 4.79 Å². The van der Waals surface area contributed by atoms with Crippen LogP contribution in [0.4, 0.5) is 5.69 Å². The molecule has 0 atom stereocenters. The second-order valence-corrected chi connectivity index (χ2v) is 8.72. The normalized spacial score (nSPS) is 14.3. The van der Waals surface area contributed by atoms with Crippen LogP contribution in [-0.4, -0.2) is 38.0 Å². The van der Waals surface area contributed by atoms with E-state index >= 15 is 0 Å². The monoisotopic (exact) mass is 372 g/mol. The molecule has 0 bridgehead atoms. The van der Waals surface area contributed by atoms with Crippen molar-refractivity contribution in [2.24, 2.45) is 0 Å². The number of hydrogen-bond acceptors (Lipinski definition) is 3. The number of hydrogen-bond donors (Lipinski definition) is 0. The maximum Gasteiger partial charge on any atom is 0.242 e. The number of nitrogens with zero attached hydrogens (tertiary/aromatic N) is 2.